The monoisotopic (exact) mass is 210 g/mol. The van der Waals surface area contributed by atoms with Gasteiger partial charge >= 0.3 is 0 Å². The van der Waals surface area contributed by atoms with Crippen LogP contribution in [0.25, 0.3) is 0 Å². The van der Waals surface area contributed by atoms with Crippen LogP contribution in [-0.4, -0.2) is 23.5 Å². The molecule has 78 valence electrons. The largest absolute Gasteiger partial charge is 0.300 e. The van der Waals surface area contributed by atoms with Crippen LogP contribution in [-0.2, 0) is 18.4 Å². The van der Waals surface area contributed by atoms with Gasteiger partial charge in [-0.05, 0) is 13.5 Å². The lowest BCUT2D eigenvalue weighted by Crippen LogP contribution is -2.25. The molecule has 0 spiro atoms. The fraction of sp³-hybridized carbons (Fsp3) is 0.727. The van der Waals surface area contributed by atoms with Gasteiger partial charge < -0.3 is 4.90 Å². The second kappa shape index (κ2) is 3.31. The van der Waals surface area contributed by atoms with Gasteiger partial charge in [-0.3, -0.25) is 0 Å². The highest BCUT2D eigenvalue weighted by Crippen LogP contribution is 2.31. The topological polar surface area (TPSA) is 16.1 Å². The lowest BCUT2D eigenvalue weighted by atomic mass is 9.98. The van der Waals surface area contributed by atoms with Crippen LogP contribution in [0, 0.1) is 0 Å². The van der Waals surface area contributed by atoms with Crippen molar-refractivity contribution in [1.29, 1.82) is 0 Å². The number of nitrogens with zero attached hydrogens (tertiary/aromatic N) is 2. The third-order valence-corrected chi connectivity index (χ3v) is 4.14. The number of thiazole rings is 1. The fourth-order valence-electron chi connectivity index (χ4n) is 1.65. The van der Waals surface area contributed by atoms with Crippen molar-refractivity contribution in [3.63, 3.8) is 0 Å². The molecule has 0 saturated heterocycles. The zero-order valence-corrected chi connectivity index (χ0v) is 10.2. The minimum absolute atomic E-state index is 0.209. The van der Waals surface area contributed by atoms with E-state index in [4.69, 9.17) is 4.98 Å². The second-order valence-corrected chi connectivity index (χ2v) is 6.21. The molecule has 1 aromatic rings. The van der Waals surface area contributed by atoms with Gasteiger partial charge in [-0.15, -0.1) is 11.3 Å². The molecule has 0 amide bonds. The minimum atomic E-state index is 0.209. The Hall–Kier alpha value is -0.410. The molecule has 0 atom stereocenters. The summed E-state index contributed by atoms with van der Waals surface area (Å²) in [5.74, 6) is 0. The quantitative estimate of drug-likeness (QED) is 0.654. The molecule has 2 rings (SSSR count). The Morgan fingerprint density at radius 3 is 2.71 bits per heavy atom. The van der Waals surface area contributed by atoms with Crippen molar-refractivity contribution in [2.45, 2.75) is 39.2 Å². The van der Waals surface area contributed by atoms with E-state index >= 15 is 0 Å². The standard InChI is InChI=1S/C11H18N2S/c1-11(2,3)10-12-8-7-13(4)6-5-9(8)14-10/h5-7H2,1-4H3. The van der Waals surface area contributed by atoms with Crippen LogP contribution < -0.4 is 0 Å². The van der Waals surface area contributed by atoms with E-state index in [1.165, 1.54) is 28.5 Å². The molecule has 2 nitrogen and oxygen atoms in total. The molecular weight excluding hydrogens is 192 g/mol. The number of likely N-dealkylation sites (N-methyl/N-ethyl adjacent to an activating group) is 1. The summed E-state index contributed by atoms with van der Waals surface area (Å²) in [6.07, 6.45) is 1.18. The van der Waals surface area contributed by atoms with Crippen molar-refractivity contribution in [3.8, 4) is 0 Å². The Balaban J connectivity index is 2.32. The molecule has 2 heterocycles. The van der Waals surface area contributed by atoms with Gasteiger partial charge in [-0.1, -0.05) is 20.8 Å². The van der Waals surface area contributed by atoms with Gasteiger partial charge in [0.1, 0.15) is 0 Å². The van der Waals surface area contributed by atoms with Gasteiger partial charge in [-0.2, -0.15) is 0 Å². The third-order valence-electron chi connectivity index (χ3n) is 2.56. The zero-order valence-electron chi connectivity index (χ0n) is 9.42. The number of hydrogen-bond donors (Lipinski definition) is 0. The first kappa shape index (κ1) is 10.1. The fourth-order valence-corrected chi connectivity index (χ4v) is 2.77. The van der Waals surface area contributed by atoms with Crippen molar-refractivity contribution in [2.24, 2.45) is 0 Å². The maximum absolute atomic E-state index is 4.75. The SMILES string of the molecule is CN1CCc2sc(C(C)(C)C)nc2C1. The van der Waals surface area contributed by atoms with Crippen molar-refractivity contribution in [1.82, 2.24) is 9.88 Å². The van der Waals surface area contributed by atoms with E-state index in [0.717, 1.165) is 6.54 Å². The van der Waals surface area contributed by atoms with Crippen LogP contribution in [0.15, 0.2) is 0 Å². The molecule has 0 aliphatic carbocycles. The first-order valence-corrected chi connectivity index (χ1v) is 5.96. The molecule has 1 aliphatic heterocycles. The summed E-state index contributed by atoms with van der Waals surface area (Å²) >= 11 is 1.91. The Morgan fingerprint density at radius 1 is 1.36 bits per heavy atom. The average molecular weight is 210 g/mol. The number of hydrogen-bond acceptors (Lipinski definition) is 3. The predicted molar refractivity (Wildman–Crippen MR) is 60.9 cm³/mol. The second-order valence-electron chi connectivity index (χ2n) is 5.13. The van der Waals surface area contributed by atoms with Crippen molar-refractivity contribution in [3.05, 3.63) is 15.6 Å². The van der Waals surface area contributed by atoms with Crippen LogP contribution in [0.5, 0.6) is 0 Å². The summed E-state index contributed by atoms with van der Waals surface area (Å²) in [4.78, 5) is 8.60. The highest BCUT2D eigenvalue weighted by atomic mass is 32.1. The van der Waals surface area contributed by atoms with Crippen LogP contribution in [0.2, 0.25) is 0 Å². The van der Waals surface area contributed by atoms with E-state index < -0.39 is 0 Å². The number of aromatic nitrogens is 1. The summed E-state index contributed by atoms with van der Waals surface area (Å²) in [5, 5.41) is 1.29. The van der Waals surface area contributed by atoms with Gasteiger partial charge in [0.15, 0.2) is 0 Å². The molecule has 0 aromatic carbocycles. The summed E-state index contributed by atoms with van der Waals surface area (Å²) in [6, 6.07) is 0. The molecule has 3 heteroatoms. The van der Waals surface area contributed by atoms with E-state index in [0.29, 0.717) is 0 Å². The average Bonchev–Trinajstić information content (AvgIpc) is 2.45. The molecule has 1 aromatic heterocycles. The van der Waals surface area contributed by atoms with Crippen molar-refractivity contribution < 1.29 is 0 Å². The minimum Gasteiger partial charge on any atom is -0.300 e. The van der Waals surface area contributed by atoms with E-state index in [9.17, 15) is 0 Å². The summed E-state index contributed by atoms with van der Waals surface area (Å²) in [6.45, 7) is 8.92. The van der Waals surface area contributed by atoms with Gasteiger partial charge in [-0.25, -0.2) is 4.98 Å². The van der Waals surface area contributed by atoms with E-state index in [2.05, 4.69) is 32.7 Å². The summed E-state index contributed by atoms with van der Waals surface area (Å²) in [5.41, 5.74) is 1.52. The van der Waals surface area contributed by atoms with Crippen LogP contribution in [0.4, 0.5) is 0 Å². The van der Waals surface area contributed by atoms with Crippen LogP contribution in [0.3, 0.4) is 0 Å². The first-order chi connectivity index (χ1) is 6.47. The first-order valence-electron chi connectivity index (χ1n) is 5.14. The van der Waals surface area contributed by atoms with Crippen LogP contribution >= 0.6 is 11.3 Å². The molecule has 14 heavy (non-hydrogen) atoms. The highest BCUT2D eigenvalue weighted by molar-refractivity contribution is 7.11. The molecule has 0 bridgehead atoms. The molecule has 0 fully saturated rings. The molecule has 0 saturated carbocycles. The summed E-state index contributed by atoms with van der Waals surface area (Å²) in [7, 11) is 2.17. The zero-order chi connectivity index (χ0) is 10.3. The number of rotatable bonds is 0. The Kier molecular flexibility index (Phi) is 2.40. The molecule has 0 N–H and O–H groups in total. The summed E-state index contributed by atoms with van der Waals surface area (Å²) < 4.78 is 0. The van der Waals surface area contributed by atoms with E-state index in [1.807, 2.05) is 11.3 Å². The lowest BCUT2D eigenvalue weighted by molar-refractivity contribution is 0.310. The van der Waals surface area contributed by atoms with Crippen LogP contribution in [0.1, 0.15) is 36.3 Å². The van der Waals surface area contributed by atoms with Gasteiger partial charge in [0.25, 0.3) is 0 Å². The molecule has 1 aliphatic rings. The lowest BCUT2D eigenvalue weighted by Gasteiger charge is -2.20. The smallest absolute Gasteiger partial charge is 0.0985 e. The predicted octanol–water partition coefficient (Wildman–Crippen LogP) is 2.43. The highest BCUT2D eigenvalue weighted by Gasteiger charge is 2.24. The maximum Gasteiger partial charge on any atom is 0.0985 e. The van der Waals surface area contributed by atoms with Gasteiger partial charge in [0.05, 0.1) is 10.7 Å². The van der Waals surface area contributed by atoms with Gasteiger partial charge in [0, 0.05) is 23.4 Å². The Labute approximate surface area is 90.0 Å². The van der Waals surface area contributed by atoms with Crippen molar-refractivity contribution in [2.75, 3.05) is 13.6 Å². The Bertz CT molecular complexity index is 336. The Morgan fingerprint density at radius 2 is 2.07 bits per heavy atom. The van der Waals surface area contributed by atoms with E-state index in [-0.39, 0.29) is 5.41 Å². The number of fused-ring (bicyclic) bond motifs is 1. The van der Waals surface area contributed by atoms with E-state index in [1.54, 1.807) is 0 Å². The van der Waals surface area contributed by atoms with Gasteiger partial charge in [0.2, 0.25) is 0 Å². The molecular formula is C11H18N2S. The molecule has 0 radical (unpaired) electrons. The normalized spacial score (nSPS) is 18.3. The van der Waals surface area contributed by atoms with Crippen molar-refractivity contribution >= 4 is 11.3 Å². The molecule has 0 unspecified atom stereocenters. The maximum atomic E-state index is 4.75. The third kappa shape index (κ3) is 1.84.